The van der Waals surface area contributed by atoms with Crippen LogP contribution in [0.2, 0.25) is 5.02 Å². The molecule has 0 unspecified atom stereocenters. The Morgan fingerprint density at radius 2 is 1.90 bits per heavy atom. The van der Waals surface area contributed by atoms with Crippen LogP contribution in [0.1, 0.15) is 26.5 Å². The lowest BCUT2D eigenvalue weighted by atomic mass is 9.74. The molecule has 8 heteroatoms. The number of likely N-dealkylation sites (N-methyl/N-ethyl adjacent to an activating group) is 1. The molecule has 0 fully saturated rings. The van der Waals surface area contributed by atoms with E-state index in [9.17, 15) is 19.5 Å². The molecule has 1 aromatic heterocycles. The minimum atomic E-state index is -1.30. The highest BCUT2D eigenvalue weighted by atomic mass is 35.5. The van der Waals surface area contributed by atoms with Crippen molar-refractivity contribution < 1.29 is 19.5 Å². The van der Waals surface area contributed by atoms with Gasteiger partial charge in [0.2, 0.25) is 11.8 Å². The normalized spacial score (nSPS) is 19.6. The summed E-state index contributed by atoms with van der Waals surface area (Å²) in [4.78, 5) is 40.6. The van der Waals surface area contributed by atoms with E-state index in [1.807, 2.05) is 6.07 Å². The molecule has 2 amide bonds. The number of nitrogens with one attached hydrogen (secondary N) is 1. The van der Waals surface area contributed by atoms with Crippen LogP contribution in [0.25, 0.3) is 11.1 Å². The number of nitrogens with zero attached hydrogens (tertiary/aromatic N) is 1. The quantitative estimate of drug-likeness (QED) is 0.622. The smallest absolute Gasteiger partial charge is 0.346 e. The standard InChI is InChI=1S/C22H15ClN2O4S/c1-25-17-12(8-5-9-13(17)23)22(21(25)29)10-14(26)24-16-15(11-6-3-2-4-7-11)18(20(27)28)30-19(16)22/h2-9H,10H2,1H3,(H,24,26)(H,27,28)/t22-/m1/s1. The second-order valence-corrected chi connectivity index (χ2v) is 8.74. The molecule has 0 saturated carbocycles. The van der Waals surface area contributed by atoms with E-state index in [2.05, 4.69) is 5.32 Å². The summed E-state index contributed by atoms with van der Waals surface area (Å²) in [7, 11) is 1.62. The van der Waals surface area contributed by atoms with Crippen molar-refractivity contribution >= 4 is 52.1 Å². The van der Waals surface area contributed by atoms with Gasteiger partial charge in [-0.3, -0.25) is 9.59 Å². The summed E-state index contributed by atoms with van der Waals surface area (Å²) in [6, 6.07) is 14.2. The number of rotatable bonds is 2. The SMILES string of the molecule is CN1C(=O)[C@]2(CC(=O)Nc3c2sc(C(=O)O)c3-c2ccccc2)c2cccc(Cl)c21. The summed E-state index contributed by atoms with van der Waals surface area (Å²) >= 11 is 7.43. The van der Waals surface area contributed by atoms with Gasteiger partial charge in [-0.25, -0.2) is 4.79 Å². The predicted molar refractivity (Wildman–Crippen MR) is 116 cm³/mol. The number of hydrogen-bond donors (Lipinski definition) is 2. The largest absolute Gasteiger partial charge is 0.477 e. The summed E-state index contributed by atoms with van der Waals surface area (Å²) in [6.45, 7) is 0. The second kappa shape index (κ2) is 6.42. The van der Waals surface area contributed by atoms with Crippen molar-refractivity contribution in [2.75, 3.05) is 17.3 Å². The summed E-state index contributed by atoms with van der Waals surface area (Å²) in [6.07, 6.45) is -0.107. The number of benzene rings is 2. The number of hydrogen-bond acceptors (Lipinski definition) is 4. The highest BCUT2D eigenvalue weighted by molar-refractivity contribution is 7.15. The fourth-order valence-electron chi connectivity index (χ4n) is 4.48. The number of halogens is 1. The lowest BCUT2D eigenvalue weighted by Crippen LogP contribution is -2.45. The summed E-state index contributed by atoms with van der Waals surface area (Å²) in [5, 5.41) is 13.2. The number of amides is 2. The van der Waals surface area contributed by atoms with Gasteiger partial charge >= 0.3 is 5.97 Å². The predicted octanol–water partition coefficient (Wildman–Crippen LogP) is 4.37. The molecular formula is C22H15ClN2O4S. The fraction of sp³-hybridized carbons (Fsp3) is 0.136. The molecule has 150 valence electrons. The molecule has 2 aliphatic heterocycles. The van der Waals surface area contributed by atoms with Gasteiger partial charge in [0.1, 0.15) is 10.3 Å². The zero-order valence-corrected chi connectivity index (χ0v) is 17.3. The van der Waals surface area contributed by atoms with E-state index < -0.39 is 11.4 Å². The van der Waals surface area contributed by atoms with Crippen LogP contribution < -0.4 is 10.2 Å². The Labute approximate surface area is 180 Å². The van der Waals surface area contributed by atoms with E-state index in [-0.39, 0.29) is 23.1 Å². The molecule has 3 heterocycles. The molecule has 30 heavy (non-hydrogen) atoms. The van der Waals surface area contributed by atoms with Crippen molar-refractivity contribution in [3.05, 3.63) is 68.9 Å². The van der Waals surface area contributed by atoms with Crippen LogP contribution in [0.4, 0.5) is 11.4 Å². The maximum absolute atomic E-state index is 13.6. The Balaban J connectivity index is 1.88. The number of carbonyl (C=O) groups is 3. The first kappa shape index (κ1) is 18.8. The van der Waals surface area contributed by atoms with E-state index in [1.165, 1.54) is 4.90 Å². The fourth-order valence-corrected chi connectivity index (χ4v) is 6.09. The Bertz CT molecular complexity index is 1250. The first-order valence-electron chi connectivity index (χ1n) is 9.19. The minimum Gasteiger partial charge on any atom is -0.477 e. The van der Waals surface area contributed by atoms with E-state index in [0.29, 0.717) is 38.0 Å². The minimum absolute atomic E-state index is 0.0821. The number of aromatic carboxylic acids is 1. The molecule has 6 nitrogen and oxygen atoms in total. The summed E-state index contributed by atoms with van der Waals surface area (Å²) < 4.78 is 0. The van der Waals surface area contributed by atoms with Crippen LogP contribution in [0.5, 0.6) is 0 Å². The third-order valence-electron chi connectivity index (χ3n) is 5.69. The van der Waals surface area contributed by atoms with E-state index in [0.717, 1.165) is 11.3 Å². The Morgan fingerprint density at radius 1 is 1.17 bits per heavy atom. The molecule has 5 rings (SSSR count). The number of carboxylic acid groups (broad SMARTS) is 1. The van der Waals surface area contributed by atoms with Gasteiger partial charge in [0, 0.05) is 12.6 Å². The first-order chi connectivity index (χ1) is 14.4. The number of carboxylic acids is 1. The van der Waals surface area contributed by atoms with Crippen LogP contribution >= 0.6 is 22.9 Å². The lowest BCUT2D eigenvalue weighted by molar-refractivity contribution is -0.126. The second-order valence-electron chi connectivity index (χ2n) is 7.31. The van der Waals surface area contributed by atoms with Crippen molar-refractivity contribution in [3.8, 4) is 11.1 Å². The molecule has 2 N–H and O–H groups in total. The zero-order valence-electron chi connectivity index (χ0n) is 15.7. The van der Waals surface area contributed by atoms with Crippen LogP contribution in [-0.4, -0.2) is 29.9 Å². The molecule has 0 aliphatic carbocycles. The van der Waals surface area contributed by atoms with Gasteiger partial charge in [-0.05, 0) is 17.2 Å². The van der Waals surface area contributed by atoms with Gasteiger partial charge in [0.15, 0.2) is 0 Å². The Kier molecular flexibility index (Phi) is 4.03. The number of thiophene rings is 1. The summed E-state index contributed by atoms with van der Waals surface area (Å²) in [5.74, 6) is -1.74. The number of carbonyl (C=O) groups excluding carboxylic acids is 2. The molecule has 0 saturated heterocycles. The highest BCUT2D eigenvalue weighted by Gasteiger charge is 2.57. The first-order valence-corrected chi connectivity index (χ1v) is 10.4. The summed E-state index contributed by atoms with van der Waals surface area (Å²) in [5.41, 5.74) is 1.34. The average molecular weight is 439 g/mol. The molecule has 0 bridgehead atoms. The molecule has 3 aromatic rings. The average Bonchev–Trinajstić information content (AvgIpc) is 3.20. The monoisotopic (exact) mass is 438 g/mol. The van der Waals surface area contributed by atoms with E-state index in [1.54, 1.807) is 49.5 Å². The number of fused-ring (bicyclic) bond motifs is 4. The van der Waals surface area contributed by atoms with Gasteiger partial charge in [0.05, 0.1) is 27.7 Å². The van der Waals surface area contributed by atoms with Gasteiger partial charge in [-0.2, -0.15) is 0 Å². The molecule has 2 aromatic carbocycles. The van der Waals surface area contributed by atoms with Crippen LogP contribution in [0, 0.1) is 0 Å². The molecule has 2 aliphatic rings. The Hall–Kier alpha value is -3.16. The van der Waals surface area contributed by atoms with Crippen molar-refractivity contribution in [2.24, 2.45) is 0 Å². The topological polar surface area (TPSA) is 86.7 Å². The maximum atomic E-state index is 13.6. The maximum Gasteiger partial charge on any atom is 0.346 e. The Morgan fingerprint density at radius 3 is 2.60 bits per heavy atom. The zero-order chi connectivity index (χ0) is 21.2. The third kappa shape index (κ3) is 2.33. The molecule has 1 atom stereocenters. The highest BCUT2D eigenvalue weighted by Crippen LogP contribution is 2.58. The number of anilines is 2. The van der Waals surface area contributed by atoms with Crippen molar-refractivity contribution in [1.82, 2.24) is 0 Å². The van der Waals surface area contributed by atoms with E-state index >= 15 is 0 Å². The molecule has 0 radical (unpaired) electrons. The van der Waals surface area contributed by atoms with Gasteiger partial charge in [-0.1, -0.05) is 54.1 Å². The van der Waals surface area contributed by atoms with Gasteiger partial charge < -0.3 is 15.3 Å². The van der Waals surface area contributed by atoms with Crippen LogP contribution in [0.3, 0.4) is 0 Å². The van der Waals surface area contributed by atoms with Crippen LogP contribution in [0.15, 0.2) is 48.5 Å². The van der Waals surface area contributed by atoms with Crippen molar-refractivity contribution in [3.63, 3.8) is 0 Å². The van der Waals surface area contributed by atoms with Crippen molar-refractivity contribution in [2.45, 2.75) is 11.8 Å². The van der Waals surface area contributed by atoms with E-state index in [4.69, 9.17) is 11.6 Å². The molecular weight excluding hydrogens is 424 g/mol. The molecule has 1 spiro atoms. The number of para-hydroxylation sites is 1. The third-order valence-corrected chi connectivity index (χ3v) is 7.34. The lowest BCUT2D eigenvalue weighted by Gasteiger charge is -2.32. The van der Waals surface area contributed by atoms with Gasteiger partial charge in [-0.15, -0.1) is 11.3 Å². The van der Waals surface area contributed by atoms with Crippen molar-refractivity contribution in [1.29, 1.82) is 0 Å². The van der Waals surface area contributed by atoms with Crippen LogP contribution in [-0.2, 0) is 15.0 Å². The van der Waals surface area contributed by atoms with Gasteiger partial charge in [0.25, 0.3) is 0 Å².